The minimum absolute atomic E-state index is 0.853. The van der Waals surface area contributed by atoms with E-state index in [-0.39, 0.29) is 0 Å². The Balaban J connectivity index is 1.60. The van der Waals surface area contributed by atoms with E-state index >= 15 is 0 Å². The summed E-state index contributed by atoms with van der Waals surface area (Å²) >= 11 is 1.71. The van der Waals surface area contributed by atoms with Crippen molar-refractivity contribution in [3.63, 3.8) is 0 Å². The largest absolute Gasteiger partial charge is 0.497 e. The van der Waals surface area contributed by atoms with Crippen LogP contribution in [0.2, 0.25) is 0 Å². The Hall–Kier alpha value is -2.40. The lowest BCUT2D eigenvalue weighted by atomic mass is 10.1. The van der Waals surface area contributed by atoms with Gasteiger partial charge in [0.15, 0.2) is 5.16 Å². The number of hydrogen-bond acceptors (Lipinski definition) is 4. The van der Waals surface area contributed by atoms with Crippen LogP contribution in [-0.4, -0.2) is 29.8 Å². The molecule has 0 atom stereocenters. The van der Waals surface area contributed by atoms with E-state index in [1.165, 1.54) is 16.1 Å². The molecule has 26 heavy (non-hydrogen) atoms. The van der Waals surface area contributed by atoms with Crippen LogP contribution in [-0.2, 0) is 6.54 Å². The number of imidazole rings is 1. The van der Waals surface area contributed by atoms with Crippen molar-refractivity contribution in [2.24, 2.45) is 0 Å². The van der Waals surface area contributed by atoms with E-state index in [4.69, 9.17) is 9.72 Å². The summed E-state index contributed by atoms with van der Waals surface area (Å²) in [5.74, 6) is 0.892. The molecule has 4 rings (SSSR count). The quantitative estimate of drug-likeness (QED) is 0.502. The van der Waals surface area contributed by atoms with Gasteiger partial charge in [0, 0.05) is 35.4 Å². The van der Waals surface area contributed by atoms with Gasteiger partial charge < -0.3 is 14.2 Å². The summed E-state index contributed by atoms with van der Waals surface area (Å²) < 4.78 is 7.58. The number of methoxy groups -OCH3 is 1. The Morgan fingerprint density at radius 3 is 2.58 bits per heavy atom. The van der Waals surface area contributed by atoms with Gasteiger partial charge in [0.1, 0.15) is 5.75 Å². The molecule has 1 aromatic heterocycles. The van der Waals surface area contributed by atoms with Crippen molar-refractivity contribution in [1.82, 2.24) is 9.55 Å². The van der Waals surface area contributed by atoms with Crippen LogP contribution in [0.25, 0.3) is 11.3 Å². The summed E-state index contributed by atoms with van der Waals surface area (Å²) in [4.78, 5) is 8.44. The average Bonchev–Trinajstić information content (AvgIpc) is 3.10. The SMILES string of the molecule is CCN(CC)c1ccc(-c2cn3c(n2)Sc2cc(OC)ccc2C3)cc1. The first-order chi connectivity index (χ1) is 12.7. The molecule has 0 amide bonds. The van der Waals surface area contributed by atoms with Gasteiger partial charge in [-0.3, -0.25) is 0 Å². The zero-order valence-corrected chi connectivity index (χ0v) is 16.2. The number of aromatic nitrogens is 2. The minimum atomic E-state index is 0.853. The summed E-state index contributed by atoms with van der Waals surface area (Å²) in [6.45, 7) is 7.27. The Kier molecular flexibility index (Phi) is 4.64. The normalized spacial score (nSPS) is 12.4. The third-order valence-electron chi connectivity index (χ3n) is 4.85. The van der Waals surface area contributed by atoms with Crippen LogP contribution in [0.5, 0.6) is 5.75 Å². The molecule has 0 bridgehead atoms. The predicted octanol–water partition coefficient (Wildman–Crippen LogP) is 4.92. The molecular weight excluding hydrogens is 342 g/mol. The summed E-state index contributed by atoms with van der Waals surface area (Å²) in [6.07, 6.45) is 2.15. The number of benzene rings is 2. The van der Waals surface area contributed by atoms with Gasteiger partial charge in [-0.25, -0.2) is 4.98 Å². The molecule has 0 N–H and O–H groups in total. The van der Waals surface area contributed by atoms with Gasteiger partial charge in [-0.15, -0.1) is 0 Å². The molecule has 0 radical (unpaired) electrons. The second kappa shape index (κ2) is 7.08. The summed E-state index contributed by atoms with van der Waals surface area (Å²) in [5, 5.41) is 1.04. The molecule has 0 spiro atoms. The third-order valence-corrected chi connectivity index (χ3v) is 5.96. The molecule has 0 unspecified atom stereocenters. The summed E-state index contributed by atoms with van der Waals surface area (Å²) in [7, 11) is 1.70. The number of ether oxygens (including phenoxy) is 1. The van der Waals surface area contributed by atoms with Gasteiger partial charge in [0.25, 0.3) is 0 Å². The van der Waals surface area contributed by atoms with E-state index in [0.29, 0.717) is 0 Å². The minimum Gasteiger partial charge on any atom is -0.497 e. The average molecular weight is 366 g/mol. The fourth-order valence-corrected chi connectivity index (χ4v) is 4.35. The van der Waals surface area contributed by atoms with Gasteiger partial charge in [-0.2, -0.15) is 0 Å². The lowest BCUT2D eigenvalue weighted by molar-refractivity contribution is 0.413. The van der Waals surface area contributed by atoms with E-state index in [2.05, 4.69) is 65.9 Å². The second-order valence-electron chi connectivity index (χ2n) is 6.33. The topological polar surface area (TPSA) is 30.3 Å². The number of nitrogens with zero attached hydrogens (tertiary/aromatic N) is 3. The van der Waals surface area contributed by atoms with Crippen LogP contribution in [0, 0.1) is 0 Å². The molecule has 0 fully saturated rings. The van der Waals surface area contributed by atoms with Crippen LogP contribution >= 0.6 is 11.8 Å². The molecule has 0 saturated carbocycles. The number of anilines is 1. The van der Waals surface area contributed by atoms with Crippen molar-refractivity contribution in [2.45, 2.75) is 30.4 Å². The van der Waals surface area contributed by atoms with Crippen molar-refractivity contribution in [3.05, 3.63) is 54.2 Å². The van der Waals surface area contributed by atoms with Crippen LogP contribution in [0.15, 0.2) is 58.7 Å². The van der Waals surface area contributed by atoms with Gasteiger partial charge >= 0.3 is 0 Å². The lowest BCUT2D eigenvalue weighted by Gasteiger charge is -2.20. The van der Waals surface area contributed by atoms with E-state index in [9.17, 15) is 0 Å². The smallest absolute Gasteiger partial charge is 0.173 e. The molecule has 2 aromatic carbocycles. The van der Waals surface area contributed by atoms with E-state index in [0.717, 1.165) is 41.8 Å². The molecule has 5 heteroatoms. The van der Waals surface area contributed by atoms with E-state index in [1.54, 1.807) is 18.9 Å². The van der Waals surface area contributed by atoms with Crippen LogP contribution in [0.1, 0.15) is 19.4 Å². The maximum Gasteiger partial charge on any atom is 0.173 e. The standard InChI is InChI=1S/C21H23N3OS/c1-4-23(5-2)17-9-6-15(7-10-17)19-14-24-13-16-8-11-18(25-3)12-20(16)26-21(24)22-19/h6-12,14H,4-5,13H2,1-3H3. The van der Waals surface area contributed by atoms with Crippen molar-refractivity contribution in [1.29, 1.82) is 0 Å². The highest BCUT2D eigenvalue weighted by Crippen LogP contribution is 2.38. The van der Waals surface area contributed by atoms with Gasteiger partial charge in [-0.05, 0) is 43.7 Å². The first kappa shape index (κ1) is 17.0. The predicted molar refractivity (Wildman–Crippen MR) is 107 cm³/mol. The van der Waals surface area contributed by atoms with Gasteiger partial charge in [-0.1, -0.05) is 30.0 Å². The zero-order chi connectivity index (χ0) is 18.1. The van der Waals surface area contributed by atoms with Crippen LogP contribution in [0.4, 0.5) is 5.69 Å². The van der Waals surface area contributed by atoms with Crippen molar-refractivity contribution in [2.75, 3.05) is 25.1 Å². The molecule has 1 aliphatic rings. The summed E-state index contributed by atoms with van der Waals surface area (Å²) in [6, 6.07) is 15.0. The molecule has 4 nitrogen and oxygen atoms in total. The Morgan fingerprint density at radius 1 is 1.12 bits per heavy atom. The first-order valence-corrected chi connectivity index (χ1v) is 9.80. The fourth-order valence-electron chi connectivity index (χ4n) is 3.33. The number of fused-ring (bicyclic) bond motifs is 2. The third kappa shape index (κ3) is 3.07. The highest BCUT2D eigenvalue weighted by molar-refractivity contribution is 7.99. The first-order valence-electron chi connectivity index (χ1n) is 8.99. The number of rotatable bonds is 5. The molecule has 2 heterocycles. The monoisotopic (exact) mass is 365 g/mol. The van der Waals surface area contributed by atoms with E-state index < -0.39 is 0 Å². The summed E-state index contributed by atoms with van der Waals surface area (Å²) in [5.41, 5.74) is 4.75. The van der Waals surface area contributed by atoms with E-state index in [1.807, 2.05) is 6.07 Å². The lowest BCUT2D eigenvalue weighted by Crippen LogP contribution is -2.21. The zero-order valence-electron chi connectivity index (χ0n) is 15.4. The fraction of sp³-hybridized carbons (Fsp3) is 0.286. The van der Waals surface area contributed by atoms with Crippen LogP contribution in [0.3, 0.4) is 0 Å². The Bertz CT molecular complexity index is 914. The molecule has 1 aliphatic heterocycles. The van der Waals surface area contributed by atoms with Gasteiger partial charge in [0.2, 0.25) is 0 Å². The maximum absolute atomic E-state index is 5.35. The maximum atomic E-state index is 5.35. The molecule has 0 saturated heterocycles. The van der Waals surface area contributed by atoms with Crippen molar-refractivity contribution >= 4 is 17.4 Å². The second-order valence-corrected chi connectivity index (χ2v) is 7.34. The molecular formula is C21H23N3OS. The van der Waals surface area contributed by atoms with Crippen molar-refractivity contribution in [3.8, 4) is 17.0 Å². The van der Waals surface area contributed by atoms with Gasteiger partial charge in [0.05, 0.1) is 19.3 Å². The molecule has 3 aromatic rings. The number of hydrogen-bond donors (Lipinski definition) is 0. The highest BCUT2D eigenvalue weighted by atomic mass is 32.2. The Morgan fingerprint density at radius 2 is 1.88 bits per heavy atom. The van der Waals surface area contributed by atoms with Crippen LogP contribution < -0.4 is 9.64 Å². The molecule has 134 valence electrons. The van der Waals surface area contributed by atoms with Crippen molar-refractivity contribution < 1.29 is 4.74 Å². The molecule has 0 aliphatic carbocycles. The highest BCUT2D eigenvalue weighted by Gasteiger charge is 2.19. The Labute approximate surface area is 158 Å².